The maximum Gasteiger partial charge on any atom is 0.191 e. The van der Waals surface area contributed by atoms with Crippen LogP contribution < -0.4 is 10.6 Å². The molecule has 0 aromatic carbocycles. The lowest BCUT2D eigenvalue weighted by atomic mass is 9.84. The van der Waals surface area contributed by atoms with Crippen LogP contribution in [0.1, 0.15) is 37.4 Å². The van der Waals surface area contributed by atoms with E-state index in [1.165, 1.54) is 0 Å². The SMILES string of the molecule is CCNC(=NCc1csc(CC)n1)NCC1(CCO)CCOC1.I. The highest BCUT2D eigenvalue weighted by molar-refractivity contribution is 14.0. The van der Waals surface area contributed by atoms with E-state index in [-0.39, 0.29) is 36.0 Å². The molecule has 2 heterocycles. The van der Waals surface area contributed by atoms with Crippen molar-refractivity contribution >= 4 is 41.3 Å². The van der Waals surface area contributed by atoms with Crippen LogP contribution in [-0.4, -0.2) is 49.0 Å². The zero-order valence-corrected chi connectivity index (χ0v) is 17.7. The summed E-state index contributed by atoms with van der Waals surface area (Å²) in [6.07, 6.45) is 2.70. The Balaban J connectivity index is 0.00000288. The quantitative estimate of drug-likeness (QED) is 0.310. The van der Waals surface area contributed by atoms with Crippen molar-refractivity contribution in [3.05, 3.63) is 16.1 Å². The maximum absolute atomic E-state index is 9.30. The molecule has 0 radical (unpaired) electrons. The van der Waals surface area contributed by atoms with Gasteiger partial charge in [0.2, 0.25) is 0 Å². The van der Waals surface area contributed by atoms with Gasteiger partial charge in [-0.05, 0) is 26.2 Å². The van der Waals surface area contributed by atoms with Gasteiger partial charge < -0.3 is 20.5 Å². The number of aromatic nitrogens is 1. The molecule has 0 spiro atoms. The van der Waals surface area contributed by atoms with Crippen molar-refractivity contribution in [1.82, 2.24) is 15.6 Å². The Bertz CT molecular complexity index is 504. The van der Waals surface area contributed by atoms with Gasteiger partial charge >= 0.3 is 0 Å². The molecule has 3 N–H and O–H groups in total. The van der Waals surface area contributed by atoms with Gasteiger partial charge in [0, 0.05) is 37.1 Å². The third-order valence-corrected chi connectivity index (χ3v) is 5.15. The molecule has 2 rings (SSSR count). The average molecular weight is 468 g/mol. The molecule has 1 unspecified atom stereocenters. The van der Waals surface area contributed by atoms with Gasteiger partial charge in [0.1, 0.15) is 0 Å². The van der Waals surface area contributed by atoms with E-state index in [0.29, 0.717) is 13.2 Å². The molecule has 1 saturated heterocycles. The molecule has 0 saturated carbocycles. The van der Waals surface area contributed by atoms with Crippen LogP contribution in [0.3, 0.4) is 0 Å². The standard InChI is InChI=1S/C16H28N4O2S.HI/c1-3-14-20-13(10-23-14)9-18-15(17-4-2)19-11-16(5-7-21)6-8-22-12-16;/h10,21H,3-9,11-12H2,1-2H3,(H2,17,18,19);1H. The molecule has 1 fully saturated rings. The van der Waals surface area contributed by atoms with E-state index in [1.807, 2.05) is 0 Å². The number of aryl methyl sites for hydroxylation is 1. The summed E-state index contributed by atoms with van der Waals surface area (Å²) in [4.78, 5) is 9.16. The molecular formula is C16H29IN4O2S. The monoisotopic (exact) mass is 468 g/mol. The lowest BCUT2D eigenvalue weighted by molar-refractivity contribution is 0.127. The summed E-state index contributed by atoms with van der Waals surface area (Å²) in [6.45, 7) is 7.98. The summed E-state index contributed by atoms with van der Waals surface area (Å²) in [7, 11) is 0. The van der Waals surface area contributed by atoms with Crippen LogP contribution in [0.15, 0.2) is 10.4 Å². The largest absolute Gasteiger partial charge is 0.396 e. The molecule has 1 aliphatic rings. The van der Waals surface area contributed by atoms with Crippen molar-refractivity contribution in [3.8, 4) is 0 Å². The van der Waals surface area contributed by atoms with E-state index in [9.17, 15) is 5.11 Å². The van der Waals surface area contributed by atoms with Gasteiger partial charge in [-0.2, -0.15) is 0 Å². The first-order valence-electron chi connectivity index (χ1n) is 8.35. The number of aliphatic hydroxyl groups excluding tert-OH is 1. The second kappa shape index (κ2) is 11.2. The van der Waals surface area contributed by atoms with Crippen LogP contribution in [0.25, 0.3) is 0 Å². The smallest absolute Gasteiger partial charge is 0.191 e. The highest BCUT2D eigenvalue weighted by atomic mass is 127. The number of rotatable bonds is 8. The van der Waals surface area contributed by atoms with E-state index in [2.05, 4.69) is 39.8 Å². The summed E-state index contributed by atoms with van der Waals surface area (Å²) in [5.74, 6) is 0.794. The summed E-state index contributed by atoms with van der Waals surface area (Å²) >= 11 is 1.69. The second-order valence-corrected chi connectivity index (χ2v) is 6.85. The molecule has 0 aliphatic carbocycles. The number of hydrogen-bond donors (Lipinski definition) is 3. The predicted octanol–water partition coefficient (Wildman–Crippen LogP) is 2.17. The molecular weight excluding hydrogens is 439 g/mol. The van der Waals surface area contributed by atoms with Crippen LogP contribution in [0.2, 0.25) is 0 Å². The van der Waals surface area contributed by atoms with Gasteiger partial charge in [-0.25, -0.2) is 9.98 Å². The third kappa shape index (κ3) is 6.45. The molecule has 0 bridgehead atoms. The van der Waals surface area contributed by atoms with E-state index in [0.717, 1.165) is 55.6 Å². The lowest BCUT2D eigenvalue weighted by Crippen LogP contribution is -2.44. The number of aliphatic hydroxyl groups is 1. The van der Waals surface area contributed by atoms with Crippen LogP contribution in [0, 0.1) is 5.41 Å². The van der Waals surface area contributed by atoms with Crippen molar-refractivity contribution < 1.29 is 9.84 Å². The first kappa shape index (κ1) is 21.6. The minimum absolute atomic E-state index is 0. The first-order valence-corrected chi connectivity index (χ1v) is 9.23. The number of nitrogens with one attached hydrogen (secondary N) is 2. The number of aliphatic imine (C=N–C) groups is 1. The number of thiazole rings is 1. The molecule has 1 aliphatic heterocycles. The van der Waals surface area contributed by atoms with E-state index >= 15 is 0 Å². The predicted molar refractivity (Wildman–Crippen MR) is 109 cm³/mol. The van der Waals surface area contributed by atoms with E-state index < -0.39 is 0 Å². The van der Waals surface area contributed by atoms with Crippen molar-refractivity contribution in [2.24, 2.45) is 10.4 Å². The zero-order valence-electron chi connectivity index (χ0n) is 14.5. The Morgan fingerprint density at radius 3 is 2.88 bits per heavy atom. The molecule has 24 heavy (non-hydrogen) atoms. The molecule has 0 amide bonds. The fourth-order valence-corrected chi connectivity index (χ4v) is 3.40. The average Bonchev–Trinajstić information content (AvgIpc) is 3.20. The zero-order chi connectivity index (χ0) is 16.5. The normalized spacial score (nSPS) is 20.7. The lowest BCUT2D eigenvalue weighted by Gasteiger charge is -2.27. The van der Waals surface area contributed by atoms with Crippen LogP contribution in [0.5, 0.6) is 0 Å². The summed E-state index contributed by atoms with van der Waals surface area (Å²) in [5.41, 5.74) is 1.03. The molecule has 1 aromatic heterocycles. The topological polar surface area (TPSA) is 78.8 Å². The maximum atomic E-state index is 9.30. The Kier molecular flexibility index (Phi) is 10.1. The fourth-order valence-electron chi connectivity index (χ4n) is 2.67. The molecule has 138 valence electrons. The molecule has 1 atom stereocenters. The van der Waals surface area contributed by atoms with Crippen LogP contribution in [-0.2, 0) is 17.7 Å². The first-order chi connectivity index (χ1) is 11.2. The van der Waals surface area contributed by atoms with Crippen LogP contribution in [0.4, 0.5) is 0 Å². The van der Waals surface area contributed by atoms with E-state index in [1.54, 1.807) is 11.3 Å². The molecule has 8 heteroatoms. The Hall–Kier alpha value is -0.450. The number of halogens is 1. The number of ether oxygens (including phenoxy) is 1. The van der Waals surface area contributed by atoms with Crippen molar-refractivity contribution in [1.29, 1.82) is 0 Å². The number of nitrogens with zero attached hydrogens (tertiary/aromatic N) is 2. The van der Waals surface area contributed by atoms with Gasteiger partial charge in [0.15, 0.2) is 5.96 Å². The van der Waals surface area contributed by atoms with Crippen molar-refractivity contribution in [2.45, 2.75) is 39.7 Å². The third-order valence-electron chi connectivity index (χ3n) is 4.10. The van der Waals surface area contributed by atoms with Gasteiger partial charge in [0.05, 0.1) is 23.9 Å². The molecule has 6 nitrogen and oxygen atoms in total. The van der Waals surface area contributed by atoms with Gasteiger partial charge in [-0.3, -0.25) is 0 Å². The van der Waals surface area contributed by atoms with Gasteiger partial charge in [-0.15, -0.1) is 35.3 Å². The van der Waals surface area contributed by atoms with Crippen molar-refractivity contribution in [2.75, 3.05) is 32.9 Å². The minimum atomic E-state index is 0. The number of hydrogen-bond acceptors (Lipinski definition) is 5. The Morgan fingerprint density at radius 2 is 2.29 bits per heavy atom. The highest BCUT2D eigenvalue weighted by Crippen LogP contribution is 2.31. The highest BCUT2D eigenvalue weighted by Gasteiger charge is 2.34. The van der Waals surface area contributed by atoms with Gasteiger partial charge in [0.25, 0.3) is 0 Å². The van der Waals surface area contributed by atoms with Crippen molar-refractivity contribution in [3.63, 3.8) is 0 Å². The Morgan fingerprint density at radius 1 is 1.46 bits per heavy atom. The summed E-state index contributed by atoms with van der Waals surface area (Å²) in [5, 5.41) is 19.2. The van der Waals surface area contributed by atoms with Crippen LogP contribution >= 0.6 is 35.3 Å². The minimum Gasteiger partial charge on any atom is -0.396 e. The number of guanidine groups is 1. The van der Waals surface area contributed by atoms with Gasteiger partial charge in [-0.1, -0.05) is 6.92 Å². The molecule has 1 aromatic rings. The summed E-state index contributed by atoms with van der Waals surface area (Å²) < 4.78 is 5.53. The van der Waals surface area contributed by atoms with E-state index in [4.69, 9.17) is 4.74 Å². The fraction of sp³-hybridized carbons (Fsp3) is 0.750. The summed E-state index contributed by atoms with van der Waals surface area (Å²) in [6, 6.07) is 0. The second-order valence-electron chi connectivity index (χ2n) is 5.91. The Labute approximate surface area is 165 Å².